The summed E-state index contributed by atoms with van der Waals surface area (Å²) in [6.07, 6.45) is 0. The average molecular weight is 544 g/mol. The molecule has 0 aromatic rings. The van der Waals surface area contributed by atoms with Gasteiger partial charge in [-0.1, -0.05) is 0 Å². The smallest absolute Gasteiger partial charge is 0.395 e. The van der Waals surface area contributed by atoms with Crippen LogP contribution in [0.3, 0.4) is 0 Å². The fraction of sp³-hybridized carbons (Fsp3) is 1.00. The molecular formula is C8H24N2O17P4. The Hall–Kier alpha value is 0.320. The molecule has 0 aliphatic heterocycles. The van der Waals surface area contributed by atoms with E-state index in [9.17, 15) is 18.3 Å². The van der Waals surface area contributed by atoms with Crippen molar-refractivity contribution in [1.82, 2.24) is 10.1 Å². The standard InChI is InChI=1S/C8H24N2O17P4/c11-5-1-9(2-6-12)23-30(21,25-28(15,16)17)27-31(22,26-29(18,19)20)24-10(3-7-13)4-8-14/h11-14H,1-8H2,(H2,15,16,17)(H2,18,19,20). The summed E-state index contributed by atoms with van der Waals surface area (Å²) >= 11 is 0. The van der Waals surface area contributed by atoms with Crippen molar-refractivity contribution in [1.29, 1.82) is 0 Å². The Bertz CT molecular complexity index is 638. The van der Waals surface area contributed by atoms with Gasteiger partial charge in [0.2, 0.25) is 0 Å². The molecule has 0 heterocycles. The lowest BCUT2D eigenvalue weighted by Crippen LogP contribution is -2.31. The second-order valence-corrected chi connectivity index (χ2v) is 11.1. The number of aliphatic hydroxyl groups excluding tert-OH is 4. The van der Waals surface area contributed by atoms with Crippen LogP contribution in [-0.4, -0.2) is 103 Å². The number of hydrogen-bond acceptors (Lipinski definition) is 15. The normalized spacial score (nSPS) is 17.1. The third-order valence-corrected chi connectivity index (χ3v) is 8.20. The third kappa shape index (κ3) is 15.0. The second-order valence-electron chi connectivity index (χ2n) is 5.04. The van der Waals surface area contributed by atoms with Gasteiger partial charge in [0.15, 0.2) is 0 Å². The van der Waals surface area contributed by atoms with Gasteiger partial charge in [-0.25, -0.2) is 18.3 Å². The topological polar surface area (TPSA) is 283 Å². The lowest BCUT2D eigenvalue weighted by Gasteiger charge is -2.29. The fourth-order valence-electron chi connectivity index (χ4n) is 1.59. The zero-order valence-corrected chi connectivity index (χ0v) is 19.2. The molecule has 0 aromatic carbocycles. The van der Waals surface area contributed by atoms with Gasteiger partial charge in [-0.15, -0.1) is 0 Å². The van der Waals surface area contributed by atoms with Crippen LogP contribution in [0.15, 0.2) is 0 Å². The molecule has 0 aliphatic carbocycles. The summed E-state index contributed by atoms with van der Waals surface area (Å²) in [5.41, 5.74) is 0. The van der Waals surface area contributed by atoms with E-state index < -0.39 is 83.9 Å². The van der Waals surface area contributed by atoms with Crippen LogP contribution in [-0.2, 0) is 40.4 Å². The van der Waals surface area contributed by atoms with Gasteiger partial charge in [-0.3, -0.25) is 0 Å². The molecule has 0 amide bonds. The molecule has 19 nitrogen and oxygen atoms in total. The lowest BCUT2D eigenvalue weighted by atomic mass is 10.6. The Morgan fingerprint density at radius 2 is 0.774 bits per heavy atom. The molecular weight excluding hydrogens is 520 g/mol. The Balaban J connectivity index is 6.10. The fourth-order valence-corrected chi connectivity index (χ4v) is 6.80. The van der Waals surface area contributed by atoms with E-state index in [0.717, 1.165) is 0 Å². The van der Waals surface area contributed by atoms with E-state index >= 15 is 0 Å². The van der Waals surface area contributed by atoms with Crippen molar-refractivity contribution in [2.75, 3.05) is 52.6 Å². The summed E-state index contributed by atoms with van der Waals surface area (Å²) in [4.78, 5) is 35.8. The number of aliphatic hydroxyl groups is 4. The predicted molar refractivity (Wildman–Crippen MR) is 96.2 cm³/mol. The first kappa shape index (κ1) is 31.3. The van der Waals surface area contributed by atoms with Crippen molar-refractivity contribution in [3.63, 3.8) is 0 Å². The first-order chi connectivity index (χ1) is 14.1. The summed E-state index contributed by atoms with van der Waals surface area (Å²) in [6.45, 7) is -5.14. The van der Waals surface area contributed by atoms with Crippen LogP contribution in [0.5, 0.6) is 0 Å². The monoisotopic (exact) mass is 544 g/mol. The predicted octanol–water partition coefficient (Wildman–Crippen LogP) is -2.13. The molecule has 0 radical (unpaired) electrons. The highest BCUT2D eigenvalue weighted by molar-refractivity contribution is 7.70. The number of phosphoric acid groups is 4. The molecule has 188 valence electrons. The summed E-state index contributed by atoms with van der Waals surface area (Å²) in [5, 5.41) is 36.5. The van der Waals surface area contributed by atoms with Crippen LogP contribution >= 0.6 is 31.3 Å². The Kier molecular flexibility index (Phi) is 14.0. The van der Waals surface area contributed by atoms with Crippen LogP contribution in [0.1, 0.15) is 0 Å². The molecule has 0 fully saturated rings. The van der Waals surface area contributed by atoms with E-state index in [1.807, 2.05) is 0 Å². The molecule has 31 heavy (non-hydrogen) atoms. The maximum atomic E-state index is 12.7. The largest absolute Gasteiger partial charge is 0.509 e. The SMILES string of the molecule is O=P(O)(O)OP(=O)(ON(CCO)CCO)OP(=O)(ON(CCO)CCO)OP(=O)(O)O. The minimum Gasteiger partial charge on any atom is -0.395 e. The molecule has 23 heteroatoms. The Labute approximate surface area is 175 Å². The van der Waals surface area contributed by atoms with Crippen molar-refractivity contribution in [2.24, 2.45) is 0 Å². The number of hydroxylamine groups is 4. The van der Waals surface area contributed by atoms with Crippen LogP contribution in [0.4, 0.5) is 0 Å². The number of nitrogens with zero attached hydrogens (tertiary/aromatic N) is 2. The first-order valence-electron chi connectivity index (χ1n) is 7.89. The maximum absolute atomic E-state index is 12.7. The van der Waals surface area contributed by atoms with E-state index in [1.165, 1.54) is 0 Å². The first-order valence-corrected chi connectivity index (χ1v) is 13.9. The Morgan fingerprint density at radius 1 is 0.516 bits per heavy atom. The van der Waals surface area contributed by atoms with Crippen molar-refractivity contribution in [3.05, 3.63) is 0 Å². The minimum atomic E-state index is -5.83. The molecule has 0 aliphatic rings. The zero-order chi connectivity index (χ0) is 24.3. The number of rotatable bonds is 18. The van der Waals surface area contributed by atoms with Crippen molar-refractivity contribution in [3.8, 4) is 0 Å². The van der Waals surface area contributed by atoms with Crippen LogP contribution in [0, 0.1) is 0 Å². The van der Waals surface area contributed by atoms with Gasteiger partial charge in [-0.2, -0.15) is 32.3 Å². The molecule has 0 spiro atoms. The van der Waals surface area contributed by atoms with Crippen LogP contribution in [0.2, 0.25) is 0 Å². The van der Waals surface area contributed by atoms with Crippen LogP contribution in [0.25, 0.3) is 0 Å². The Morgan fingerprint density at radius 3 is 0.968 bits per heavy atom. The van der Waals surface area contributed by atoms with E-state index in [0.29, 0.717) is 10.1 Å². The number of hydrogen-bond donors (Lipinski definition) is 8. The van der Waals surface area contributed by atoms with Gasteiger partial charge in [0.25, 0.3) is 0 Å². The highest BCUT2D eigenvalue weighted by atomic mass is 31.3. The van der Waals surface area contributed by atoms with Crippen LogP contribution < -0.4 is 0 Å². The molecule has 2 atom stereocenters. The molecule has 8 N–H and O–H groups in total. The van der Waals surface area contributed by atoms with Gasteiger partial charge >= 0.3 is 31.3 Å². The van der Waals surface area contributed by atoms with Gasteiger partial charge in [-0.05, 0) is 0 Å². The molecule has 0 saturated carbocycles. The zero-order valence-electron chi connectivity index (χ0n) is 15.6. The van der Waals surface area contributed by atoms with Crippen molar-refractivity contribution < 1.29 is 80.4 Å². The van der Waals surface area contributed by atoms with Gasteiger partial charge in [0.1, 0.15) is 0 Å². The average Bonchev–Trinajstić information content (AvgIpc) is 2.51. The highest BCUT2D eigenvalue weighted by Crippen LogP contribution is 2.74. The summed E-state index contributed by atoms with van der Waals surface area (Å²) in [7, 11) is -23.2. The minimum absolute atomic E-state index is 0.400. The molecule has 0 rings (SSSR count). The summed E-state index contributed by atoms with van der Waals surface area (Å²) < 4.78 is 68.8. The maximum Gasteiger partial charge on any atom is 0.509 e. The molecule has 0 aromatic heterocycles. The summed E-state index contributed by atoms with van der Waals surface area (Å²) in [6, 6.07) is 0. The molecule has 0 saturated heterocycles. The van der Waals surface area contributed by atoms with E-state index in [4.69, 9.17) is 40.0 Å². The van der Waals surface area contributed by atoms with Gasteiger partial charge < -0.3 is 40.0 Å². The lowest BCUT2D eigenvalue weighted by molar-refractivity contribution is -0.108. The summed E-state index contributed by atoms with van der Waals surface area (Å²) in [5.74, 6) is 0. The van der Waals surface area contributed by atoms with Gasteiger partial charge in [0.05, 0.1) is 26.4 Å². The van der Waals surface area contributed by atoms with Gasteiger partial charge in [0, 0.05) is 26.2 Å². The third-order valence-electron chi connectivity index (χ3n) is 2.44. The van der Waals surface area contributed by atoms with E-state index in [-0.39, 0.29) is 0 Å². The quantitative estimate of drug-likeness (QED) is 0.0675. The highest BCUT2D eigenvalue weighted by Gasteiger charge is 2.50. The molecule has 0 bridgehead atoms. The second kappa shape index (κ2) is 13.9. The van der Waals surface area contributed by atoms with Crippen molar-refractivity contribution in [2.45, 2.75) is 0 Å². The van der Waals surface area contributed by atoms with E-state index in [1.54, 1.807) is 0 Å². The van der Waals surface area contributed by atoms with E-state index in [2.05, 4.69) is 22.2 Å². The van der Waals surface area contributed by atoms with Crippen molar-refractivity contribution >= 4 is 31.3 Å². The molecule has 2 unspecified atom stereocenters.